The smallest absolute Gasteiger partial charge is 0.311 e. The first-order valence-corrected chi connectivity index (χ1v) is 9.68. The van der Waals surface area contributed by atoms with E-state index in [-0.39, 0.29) is 23.3 Å². The van der Waals surface area contributed by atoms with Gasteiger partial charge in [0.05, 0.1) is 17.8 Å². The molecule has 7 nitrogen and oxygen atoms in total. The lowest BCUT2D eigenvalue weighted by Crippen LogP contribution is -2.12. The highest BCUT2D eigenvalue weighted by Gasteiger charge is 2.24. The van der Waals surface area contributed by atoms with Crippen molar-refractivity contribution in [1.29, 1.82) is 0 Å². The van der Waals surface area contributed by atoms with Crippen molar-refractivity contribution in [3.8, 4) is 11.5 Å². The zero-order valence-electron chi connectivity index (χ0n) is 16.0. The van der Waals surface area contributed by atoms with Crippen LogP contribution in [-0.2, 0) is 11.3 Å². The summed E-state index contributed by atoms with van der Waals surface area (Å²) < 4.78 is 15.7. The minimum Gasteiger partial charge on any atom is -0.481 e. The van der Waals surface area contributed by atoms with Gasteiger partial charge in [-0.05, 0) is 24.6 Å². The summed E-state index contributed by atoms with van der Waals surface area (Å²) >= 11 is 6.29. The zero-order chi connectivity index (χ0) is 21.3. The molecule has 0 radical (unpaired) electrons. The highest BCUT2D eigenvalue weighted by molar-refractivity contribution is 6.30. The van der Waals surface area contributed by atoms with Gasteiger partial charge in [-0.15, -0.1) is 0 Å². The van der Waals surface area contributed by atoms with E-state index >= 15 is 0 Å². The number of carboxylic acid groups (broad SMARTS) is 1. The van der Waals surface area contributed by atoms with Crippen LogP contribution in [0.1, 0.15) is 30.4 Å². The molecule has 4 rings (SSSR count). The summed E-state index contributed by atoms with van der Waals surface area (Å²) in [4.78, 5) is 24.4. The van der Waals surface area contributed by atoms with E-state index in [1.165, 1.54) is 12.3 Å². The normalized spacial score (nSPS) is 12.2. The molecule has 9 heteroatoms. The first kappa shape index (κ1) is 19.9. The van der Waals surface area contributed by atoms with Gasteiger partial charge in [0.1, 0.15) is 16.7 Å². The summed E-state index contributed by atoms with van der Waals surface area (Å²) in [5.41, 5.74) is 1.81. The fourth-order valence-corrected chi connectivity index (χ4v) is 3.58. The van der Waals surface area contributed by atoms with E-state index < -0.39 is 11.9 Å². The minimum absolute atomic E-state index is 0.0648. The molecule has 1 N–H and O–H groups in total. The van der Waals surface area contributed by atoms with E-state index in [0.717, 1.165) is 0 Å². The van der Waals surface area contributed by atoms with Crippen molar-refractivity contribution in [2.24, 2.45) is 0 Å². The SMILES string of the molecule is CCC(C(=O)O)c1cnc(-c2nn(Cc3ccccc3F)c3ncccc23)nc1Cl. The number of benzene rings is 1. The van der Waals surface area contributed by atoms with Gasteiger partial charge < -0.3 is 5.11 Å². The Morgan fingerprint density at radius 2 is 2.03 bits per heavy atom. The van der Waals surface area contributed by atoms with Crippen molar-refractivity contribution >= 4 is 28.6 Å². The van der Waals surface area contributed by atoms with Crippen LogP contribution in [0.5, 0.6) is 0 Å². The Bertz CT molecular complexity index is 1240. The van der Waals surface area contributed by atoms with Crippen LogP contribution in [0.2, 0.25) is 5.15 Å². The van der Waals surface area contributed by atoms with Crippen molar-refractivity contribution in [3.05, 3.63) is 70.9 Å². The molecule has 0 fully saturated rings. The first-order chi connectivity index (χ1) is 14.5. The largest absolute Gasteiger partial charge is 0.481 e. The summed E-state index contributed by atoms with van der Waals surface area (Å²) in [5.74, 6) is -1.86. The molecule has 0 bridgehead atoms. The number of hydrogen-bond acceptors (Lipinski definition) is 5. The molecule has 1 aromatic carbocycles. The summed E-state index contributed by atoms with van der Waals surface area (Å²) in [5, 5.41) is 14.7. The number of halogens is 2. The average molecular weight is 426 g/mol. The van der Waals surface area contributed by atoms with Crippen LogP contribution < -0.4 is 0 Å². The topological polar surface area (TPSA) is 93.8 Å². The van der Waals surface area contributed by atoms with Crippen molar-refractivity contribution in [2.75, 3.05) is 0 Å². The second-order valence-electron chi connectivity index (χ2n) is 6.71. The maximum atomic E-state index is 14.1. The standard InChI is InChI=1S/C21H17ClFN5O2/c1-2-13(21(29)30)15-10-25-19(26-18(15)22)17-14-7-5-9-24-20(14)28(27-17)11-12-6-3-4-8-16(12)23/h3-10,13H,2,11H2,1H3,(H,29,30). The summed E-state index contributed by atoms with van der Waals surface area (Å²) in [7, 11) is 0. The molecule has 0 aliphatic heterocycles. The molecule has 0 amide bonds. The quantitative estimate of drug-likeness (QED) is 0.463. The predicted octanol–water partition coefficient (Wildman–Crippen LogP) is 4.31. The van der Waals surface area contributed by atoms with Crippen LogP contribution >= 0.6 is 11.6 Å². The highest BCUT2D eigenvalue weighted by Crippen LogP contribution is 2.30. The summed E-state index contributed by atoms with van der Waals surface area (Å²) in [6.07, 6.45) is 3.41. The van der Waals surface area contributed by atoms with Gasteiger partial charge in [0.25, 0.3) is 0 Å². The van der Waals surface area contributed by atoms with Crippen LogP contribution in [0.15, 0.2) is 48.8 Å². The molecular weight excluding hydrogens is 409 g/mol. The van der Waals surface area contributed by atoms with Crippen molar-refractivity contribution in [3.63, 3.8) is 0 Å². The van der Waals surface area contributed by atoms with Gasteiger partial charge in [-0.2, -0.15) is 5.10 Å². The Balaban J connectivity index is 1.79. The summed E-state index contributed by atoms with van der Waals surface area (Å²) in [6, 6.07) is 10.0. The third kappa shape index (κ3) is 3.61. The van der Waals surface area contributed by atoms with E-state index in [4.69, 9.17) is 11.6 Å². The molecule has 4 aromatic rings. The van der Waals surface area contributed by atoms with Crippen LogP contribution in [0, 0.1) is 5.82 Å². The van der Waals surface area contributed by atoms with Gasteiger partial charge in [-0.3, -0.25) is 4.79 Å². The number of nitrogens with zero attached hydrogens (tertiary/aromatic N) is 5. The molecule has 0 spiro atoms. The molecule has 0 saturated heterocycles. The summed E-state index contributed by atoms with van der Waals surface area (Å²) in [6.45, 7) is 1.94. The Labute approximate surface area is 176 Å². The third-order valence-corrected chi connectivity index (χ3v) is 5.15. The predicted molar refractivity (Wildman–Crippen MR) is 110 cm³/mol. The van der Waals surface area contributed by atoms with Crippen molar-refractivity contribution in [1.82, 2.24) is 24.7 Å². The Kier molecular flexibility index (Phi) is 5.41. The lowest BCUT2D eigenvalue weighted by Gasteiger charge is -2.11. The molecule has 3 aromatic heterocycles. The average Bonchev–Trinajstić information content (AvgIpc) is 3.10. The molecule has 3 heterocycles. The van der Waals surface area contributed by atoms with E-state index in [1.807, 2.05) is 6.07 Å². The van der Waals surface area contributed by atoms with Gasteiger partial charge in [-0.25, -0.2) is 24.0 Å². The maximum absolute atomic E-state index is 14.1. The maximum Gasteiger partial charge on any atom is 0.311 e. The third-order valence-electron chi connectivity index (χ3n) is 4.85. The van der Waals surface area contributed by atoms with Crippen molar-refractivity contribution in [2.45, 2.75) is 25.8 Å². The van der Waals surface area contributed by atoms with Gasteiger partial charge in [0.2, 0.25) is 0 Å². The number of carbonyl (C=O) groups is 1. The second-order valence-corrected chi connectivity index (χ2v) is 7.07. The lowest BCUT2D eigenvalue weighted by atomic mass is 10.00. The molecule has 1 unspecified atom stereocenters. The van der Waals surface area contributed by atoms with Crippen LogP contribution in [0.3, 0.4) is 0 Å². The Hall–Kier alpha value is -3.39. The number of aromatic nitrogens is 5. The van der Waals surface area contributed by atoms with E-state index in [9.17, 15) is 14.3 Å². The number of rotatable bonds is 6. The minimum atomic E-state index is -0.987. The van der Waals surface area contributed by atoms with Crippen LogP contribution in [0.25, 0.3) is 22.6 Å². The molecule has 1 atom stereocenters. The zero-order valence-corrected chi connectivity index (χ0v) is 16.7. The lowest BCUT2D eigenvalue weighted by molar-refractivity contribution is -0.138. The van der Waals surface area contributed by atoms with E-state index in [2.05, 4.69) is 20.1 Å². The highest BCUT2D eigenvalue weighted by atomic mass is 35.5. The number of hydrogen-bond donors (Lipinski definition) is 1. The van der Waals surface area contributed by atoms with Gasteiger partial charge in [0.15, 0.2) is 11.5 Å². The molecule has 30 heavy (non-hydrogen) atoms. The molecule has 0 aliphatic carbocycles. The monoisotopic (exact) mass is 425 g/mol. The van der Waals surface area contributed by atoms with Gasteiger partial charge >= 0.3 is 5.97 Å². The van der Waals surface area contributed by atoms with Gasteiger partial charge in [0, 0.05) is 23.5 Å². The first-order valence-electron chi connectivity index (χ1n) is 9.30. The van der Waals surface area contributed by atoms with Crippen LogP contribution in [0.4, 0.5) is 4.39 Å². The number of fused-ring (bicyclic) bond motifs is 1. The molecule has 152 valence electrons. The fraction of sp³-hybridized carbons (Fsp3) is 0.190. The molecular formula is C21H17ClFN5O2. The Morgan fingerprint density at radius 3 is 2.73 bits per heavy atom. The number of aliphatic carboxylic acids is 1. The van der Waals surface area contributed by atoms with E-state index in [0.29, 0.717) is 34.3 Å². The molecule has 0 saturated carbocycles. The number of pyridine rings is 1. The van der Waals surface area contributed by atoms with Crippen LogP contribution in [-0.4, -0.2) is 35.8 Å². The second kappa shape index (κ2) is 8.16. The fourth-order valence-electron chi connectivity index (χ4n) is 3.32. The van der Waals surface area contributed by atoms with Gasteiger partial charge in [-0.1, -0.05) is 36.7 Å². The number of carboxylic acids is 1. The Morgan fingerprint density at radius 1 is 1.23 bits per heavy atom. The van der Waals surface area contributed by atoms with E-state index in [1.54, 1.807) is 42.1 Å². The molecule has 0 aliphatic rings. The van der Waals surface area contributed by atoms with Crippen molar-refractivity contribution < 1.29 is 14.3 Å².